The van der Waals surface area contributed by atoms with Crippen molar-refractivity contribution in [3.8, 4) is 11.5 Å². The lowest BCUT2D eigenvalue weighted by Crippen LogP contribution is -2.18. The van der Waals surface area contributed by atoms with Gasteiger partial charge in [-0.15, -0.1) is 0 Å². The van der Waals surface area contributed by atoms with Crippen LogP contribution in [0.4, 0.5) is 0 Å². The highest BCUT2D eigenvalue weighted by atomic mass is 32.1. The Morgan fingerprint density at radius 2 is 1.03 bits per heavy atom. The van der Waals surface area contributed by atoms with E-state index >= 15 is 0 Å². The summed E-state index contributed by atoms with van der Waals surface area (Å²) in [6.45, 7) is 8.79. The quantitative estimate of drug-likeness (QED) is 0.192. The molecule has 0 amide bonds. The molecule has 6 nitrogen and oxygen atoms in total. The molecule has 202 valence electrons. The molecule has 0 spiro atoms. The molecule has 2 atom stereocenters. The Balaban J connectivity index is 1.68. The second kappa shape index (κ2) is 13.7. The average Bonchev–Trinajstić information content (AvgIpc) is 2.82. The Hall–Kier alpha value is -1.80. The van der Waals surface area contributed by atoms with E-state index in [1.54, 1.807) is 0 Å². The minimum atomic E-state index is -0.350. The van der Waals surface area contributed by atoms with Gasteiger partial charge in [0.15, 0.2) is 11.5 Å². The summed E-state index contributed by atoms with van der Waals surface area (Å²) in [5, 5.41) is 19.7. The predicted molar refractivity (Wildman–Crippen MR) is 151 cm³/mol. The van der Waals surface area contributed by atoms with Crippen LogP contribution in [0, 0.1) is 10.8 Å². The van der Waals surface area contributed by atoms with Gasteiger partial charge in [-0.2, -0.15) is 25.3 Å². The summed E-state index contributed by atoms with van der Waals surface area (Å²) in [4.78, 5) is 24.0. The monoisotopic (exact) mass is 538 g/mol. The van der Waals surface area contributed by atoms with Crippen LogP contribution in [0.25, 0.3) is 0 Å². The molecule has 2 N–H and O–H groups in total. The minimum absolute atomic E-state index is 0.0516. The third-order valence-corrected chi connectivity index (χ3v) is 8.15. The van der Waals surface area contributed by atoms with Crippen molar-refractivity contribution in [2.45, 2.75) is 102 Å². The molecule has 0 aliphatic heterocycles. The third-order valence-electron chi connectivity index (χ3n) is 7.11. The van der Waals surface area contributed by atoms with Gasteiger partial charge in [-0.1, -0.05) is 27.7 Å². The highest BCUT2D eigenvalue weighted by molar-refractivity contribution is 7.81. The highest BCUT2D eigenvalue weighted by Crippen LogP contribution is 2.33. The van der Waals surface area contributed by atoms with E-state index in [4.69, 9.17) is 34.1 Å². The molecule has 36 heavy (non-hydrogen) atoms. The first-order valence-electron chi connectivity index (χ1n) is 12.7. The van der Waals surface area contributed by atoms with Crippen LogP contribution in [0.15, 0.2) is 43.5 Å². The molecule has 2 unspecified atom stereocenters. The van der Waals surface area contributed by atoms with E-state index in [-0.39, 0.29) is 33.2 Å². The van der Waals surface area contributed by atoms with Crippen LogP contribution in [0.3, 0.4) is 0 Å². The van der Waals surface area contributed by atoms with E-state index in [1.807, 2.05) is 0 Å². The second-order valence-corrected chi connectivity index (χ2v) is 13.0. The van der Waals surface area contributed by atoms with E-state index in [9.17, 15) is 19.8 Å². The SMILES string of the molecule is CC(C)(CCc1cocc(O)c1=O)CCC(S)CCC(S)CCC(C)(C)CCc1cocc(O)c1=O. The van der Waals surface area contributed by atoms with Crippen LogP contribution in [0.2, 0.25) is 0 Å². The molecule has 0 aliphatic rings. The van der Waals surface area contributed by atoms with Crippen LogP contribution >= 0.6 is 25.3 Å². The summed E-state index contributed by atoms with van der Waals surface area (Å²) in [6.07, 6.45) is 13.8. The van der Waals surface area contributed by atoms with Gasteiger partial charge in [-0.3, -0.25) is 9.59 Å². The molecule has 2 rings (SSSR count). The van der Waals surface area contributed by atoms with Crippen molar-refractivity contribution in [1.82, 2.24) is 0 Å². The molecular formula is C28H42O6S2. The number of hydrogen-bond acceptors (Lipinski definition) is 8. The third kappa shape index (κ3) is 10.3. The lowest BCUT2D eigenvalue weighted by atomic mass is 9.81. The average molecular weight is 539 g/mol. The zero-order chi connectivity index (χ0) is 26.9. The summed E-state index contributed by atoms with van der Waals surface area (Å²) >= 11 is 9.62. The molecule has 0 aliphatic carbocycles. The summed E-state index contributed by atoms with van der Waals surface area (Å²) in [6, 6.07) is 0. The fraction of sp³-hybridized carbons (Fsp3) is 0.643. The van der Waals surface area contributed by atoms with Gasteiger partial charge in [-0.25, -0.2) is 0 Å². The Bertz CT molecular complexity index is 987. The number of aromatic hydroxyl groups is 2. The van der Waals surface area contributed by atoms with Crippen molar-refractivity contribution >= 4 is 25.3 Å². The van der Waals surface area contributed by atoms with E-state index in [2.05, 4.69) is 27.7 Å². The zero-order valence-corrected chi connectivity index (χ0v) is 23.7. The van der Waals surface area contributed by atoms with Gasteiger partial charge in [-0.05, 0) is 75.0 Å². The summed E-state index contributed by atoms with van der Waals surface area (Å²) < 4.78 is 10.1. The number of thiol groups is 2. The van der Waals surface area contributed by atoms with Crippen molar-refractivity contribution in [3.05, 3.63) is 56.6 Å². The molecule has 0 saturated heterocycles. The first-order valence-corrected chi connectivity index (χ1v) is 13.8. The minimum Gasteiger partial charge on any atom is -0.502 e. The first-order chi connectivity index (χ1) is 16.8. The maximum atomic E-state index is 12.0. The molecule has 8 heteroatoms. The van der Waals surface area contributed by atoms with Crippen LogP contribution in [0.1, 0.15) is 90.2 Å². The second-order valence-electron chi connectivity index (χ2n) is 11.5. The van der Waals surface area contributed by atoms with Crippen LogP contribution in [-0.4, -0.2) is 20.7 Å². The van der Waals surface area contributed by atoms with Crippen molar-refractivity contribution in [2.75, 3.05) is 0 Å². The Morgan fingerprint density at radius 3 is 1.39 bits per heavy atom. The maximum Gasteiger partial charge on any atom is 0.229 e. The molecule has 2 heterocycles. The Morgan fingerprint density at radius 1 is 0.667 bits per heavy atom. The zero-order valence-electron chi connectivity index (χ0n) is 22.0. The van der Waals surface area contributed by atoms with Crippen molar-refractivity contribution in [1.29, 1.82) is 0 Å². The van der Waals surface area contributed by atoms with Gasteiger partial charge in [0.05, 0.1) is 12.5 Å². The van der Waals surface area contributed by atoms with Gasteiger partial charge in [0, 0.05) is 21.6 Å². The van der Waals surface area contributed by atoms with E-state index in [0.29, 0.717) is 34.5 Å². The standard InChI is InChI=1S/C28H42O6S2/c1-27(2,11-7-19-15-33-17-23(29)25(19)31)13-9-21(35)5-6-22(36)10-14-28(3,4)12-8-20-16-34-18-24(30)26(20)32/h15-18,21-22,29-30,35-36H,5-14H2,1-4H3. The topological polar surface area (TPSA) is 101 Å². The molecule has 0 saturated carbocycles. The van der Waals surface area contributed by atoms with Crippen molar-refractivity contribution < 1.29 is 19.0 Å². The smallest absolute Gasteiger partial charge is 0.229 e. The molecule has 0 fully saturated rings. The Kier molecular flexibility index (Phi) is 11.5. The normalized spacial score (nSPS) is 14.1. The number of rotatable bonds is 15. The van der Waals surface area contributed by atoms with Crippen LogP contribution in [-0.2, 0) is 12.8 Å². The van der Waals surface area contributed by atoms with Crippen LogP contribution in [0.5, 0.6) is 11.5 Å². The maximum absolute atomic E-state index is 12.0. The number of aryl methyl sites for hydroxylation is 2. The van der Waals surface area contributed by atoms with Gasteiger partial charge in [0.2, 0.25) is 10.9 Å². The van der Waals surface area contributed by atoms with Gasteiger partial charge >= 0.3 is 0 Å². The van der Waals surface area contributed by atoms with E-state index in [0.717, 1.165) is 63.9 Å². The van der Waals surface area contributed by atoms with Crippen molar-refractivity contribution in [2.24, 2.45) is 10.8 Å². The van der Waals surface area contributed by atoms with E-state index < -0.39 is 0 Å². The van der Waals surface area contributed by atoms with Crippen molar-refractivity contribution in [3.63, 3.8) is 0 Å². The molecule has 0 radical (unpaired) electrons. The highest BCUT2D eigenvalue weighted by Gasteiger charge is 2.22. The predicted octanol–water partition coefficient (Wildman–Crippen LogP) is 6.56. The molecule has 0 aromatic carbocycles. The fourth-order valence-electron chi connectivity index (χ4n) is 4.23. The van der Waals surface area contributed by atoms with Gasteiger partial charge in [0.25, 0.3) is 0 Å². The lowest BCUT2D eigenvalue weighted by Gasteiger charge is -2.27. The summed E-state index contributed by atoms with van der Waals surface area (Å²) in [5.74, 6) is -0.677. The van der Waals surface area contributed by atoms with E-state index in [1.165, 1.54) is 12.5 Å². The first kappa shape index (κ1) is 30.4. The molecule has 2 aromatic heterocycles. The van der Waals surface area contributed by atoms with Crippen LogP contribution < -0.4 is 10.9 Å². The largest absolute Gasteiger partial charge is 0.502 e. The fourth-order valence-corrected chi connectivity index (χ4v) is 4.79. The summed E-state index contributed by atoms with van der Waals surface area (Å²) in [7, 11) is 0. The molecule has 0 bridgehead atoms. The lowest BCUT2D eigenvalue weighted by molar-refractivity contribution is 0.289. The number of hydrogen-bond donors (Lipinski definition) is 4. The molecule has 2 aromatic rings. The molecular weight excluding hydrogens is 496 g/mol. The Labute approximate surface area is 225 Å². The van der Waals surface area contributed by atoms with Gasteiger partial charge in [0.1, 0.15) is 12.5 Å². The summed E-state index contributed by atoms with van der Waals surface area (Å²) in [5.41, 5.74) is 0.425. The van der Waals surface area contributed by atoms with Gasteiger partial charge < -0.3 is 19.0 Å².